The number of hydrogen-bond donors (Lipinski definition) is 0. The van der Waals surface area contributed by atoms with E-state index in [-0.39, 0.29) is 3.04 Å². The van der Waals surface area contributed by atoms with E-state index in [1.54, 1.807) is 21.3 Å². The smallest absolute Gasteiger partial charge is 0.376 e. The number of hydrogen-bond acceptors (Lipinski definition) is 3. The van der Waals surface area contributed by atoms with Crippen molar-refractivity contribution in [2.75, 3.05) is 21.3 Å². The lowest BCUT2D eigenvalue weighted by atomic mass is 10.1. The Morgan fingerprint density at radius 2 is 1.50 bits per heavy atom. The second-order valence-corrected chi connectivity index (χ2v) is 10.7. The van der Waals surface area contributed by atoms with Crippen molar-refractivity contribution in [2.24, 2.45) is 0 Å². The van der Waals surface area contributed by atoms with Gasteiger partial charge >= 0.3 is 8.80 Å². The fourth-order valence-electron chi connectivity index (χ4n) is 2.06. The third-order valence-corrected chi connectivity index (χ3v) is 8.94. The van der Waals surface area contributed by atoms with Gasteiger partial charge in [-0.3, -0.25) is 0 Å². The Hall–Kier alpha value is 0.0469. The van der Waals surface area contributed by atoms with Crippen LogP contribution < -0.4 is 0 Å². The van der Waals surface area contributed by atoms with Gasteiger partial charge in [0.1, 0.15) is 3.04 Å². The molecule has 0 amide bonds. The van der Waals surface area contributed by atoms with Gasteiger partial charge in [-0.15, -0.1) is 0 Å². The van der Waals surface area contributed by atoms with Gasteiger partial charge < -0.3 is 13.3 Å². The molecule has 0 heterocycles. The Morgan fingerprint density at radius 1 is 1.06 bits per heavy atom. The molecule has 0 spiro atoms. The van der Waals surface area contributed by atoms with E-state index < -0.39 is 8.80 Å². The molecule has 0 N–H and O–H groups in total. The SMILES string of the molecule is CCc1ccc(C(C)(I)[Si](OC)(OC)OC)cc1. The van der Waals surface area contributed by atoms with Crippen LogP contribution in [0.2, 0.25) is 0 Å². The van der Waals surface area contributed by atoms with Crippen LogP contribution in [0.1, 0.15) is 25.0 Å². The number of benzene rings is 1. The monoisotopic (exact) mass is 380 g/mol. The van der Waals surface area contributed by atoms with Crippen LogP contribution in [0.5, 0.6) is 0 Å². The maximum atomic E-state index is 5.60. The fourth-order valence-corrected chi connectivity index (χ4v) is 6.57. The van der Waals surface area contributed by atoms with E-state index in [1.165, 1.54) is 5.56 Å². The van der Waals surface area contributed by atoms with Gasteiger partial charge in [0.2, 0.25) is 0 Å². The molecular formula is C13H21IO3Si. The molecule has 5 heteroatoms. The van der Waals surface area contributed by atoms with Gasteiger partial charge in [0.05, 0.1) is 0 Å². The summed E-state index contributed by atoms with van der Waals surface area (Å²) in [5.74, 6) is 0. The highest BCUT2D eigenvalue weighted by Gasteiger charge is 2.56. The summed E-state index contributed by atoms with van der Waals surface area (Å²) < 4.78 is 16.5. The number of halogens is 1. The summed E-state index contributed by atoms with van der Waals surface area (Å²) in [6, 6.07) is 8.55. The molecule has 0 bridgehead atoms. The number of rotatable bonds is 6. The zero-order chi connectivity index (χ0) is 13.8. The highest BCUT2D eigenvalue weighted by Crippen LogP contribution is 2.41. The molecule has 0 fully saturated rings. The van der Waals surface area contributed by atoms with E-state index in [1.807, 2.05) is 0 Å². The third-order valence-electron chi connectivity index (χ3n) is 3.29. The summed E-state index contributed by atoms with van der Waals surface area (Å²) >= 11 is 2.37. The molecule has 0 aromatic heterocycles. The maximum Gasteiger partial charge on any atom is 0.521 e. The van der Waals surface area contributed by atoms with Crippen molar-refractivity contribution in [3.05, 3.63) is 35.4 Å². The first-order chi connectivity index (χ1) is 8.47. The minimum Gasteiger partial charge on any atom is -0.376 e. The van der Waals surface area contributed by atoms with Crippen LogP contribution in [0, 0.1) is 0 Å². The predicted octanol–water partition coefficient (Wildman–Crippen LogP) is 3.32. The molecule has 102 valence electrons. The largest absolute Gasteiger partial charge is 0.521 e. The van der Waals surface area contributed by atoms with E-state index in [0.717, 1.165) is 12.0 Å². The van der Waals surface area contributed by atoms with E-state index >= 15 is 0 Å². The van der Waals surface area contributed by atoms with Crippen LogP contribution in [0.3, 0.4) is 0 Å². The normalized spacial score (nSPS) is 15.4. The van der Waals surface area contributed by atoms with Gasteiger partial charge in [-0.25, -0.2) is 0 Å². The van der Waals surface area contributed by atoms with Gasteiger partial charge in [-0.1, -0.05) is 53.8 Å². The predicted molar refractivity (Wildman–Crippen MR) is 84.0 cm³/mol. The van der Waals surface area contributed by atoms with Crippen LogP contribution >= 0.6 is 22.6 Å². The van der Waals surface area contributed by atoms with Crippen molar-refractivity contribution in [2.45, 2.75) is 23.3 Å². The van der Waals surface area contributed by atoms with Crippen LogP contribution in [0.4, 0.5) is 0 Å². The van der Waals surface area contributed by atoms with Gasteiger partial charge in [-0.05, 0) is 24.5 Å². The Bertz CT molecular complexity index is 366. The van der Waals surface area contributed by atoms with Crippen LogP contribution in [0.15, 0.2) is 24.3 Å². The van der Waals surface area contributed by atoms with Crippen LogP contribution in [-0.4, -0.2) is 30.1 Å². The van der Waals surface area contributed by atoms with E-state index in [9.17, 15) is 0 Å². The van der Waals surface area contributed by atoms with Gasteiger partial charge in [0.15, 0.2) is 0 Å². The van der Waals surface area contributed by atoms with E-state index in [0.29, 0.717) is 0 Å². The van der Waals surface area contributed by atoms with Crippen molar-refractivity contribution in [3.8, 4) is 0 Å². The molecule has 0 aliphatic rings. The second-order valence-electron chi connectivity index (χ2n) is 4.22. The number of alkyl halides is 1. The summed E-state index contributed by atoms with van der Waals surface area (Å²) in [7, 11) is 2.22. The Kier molecular flexibility index (Phi) is 5.79. The molecule has 0 saturated carbocycles. The number of aryl methyl sites for hydroxylation is 1. The van der Waals surface area contributed by atoms with Gasteiger partial charge in [-0.2, -0.15) is 0 Å². The van der Waals surface area contributed by atoms with Gasteiger partial charge in [0, 0.05) is 21.3 Å². The van der Waals surface area contributed by atoms with Crippen molar-refractivity contribution in [3.63, 3.8) is 0 Å². The van der Waals surface area contributed by atoms with Crippen molar-refractivity contribution in [1.82, 2.24) is 0 Å². The Labute approximate surface area is 124 Å². The van der Waals surface area contributed by atoms with Crippen LogP contribution in [0.25, 0.3) is 0 Å². The first-order valence-electron chi connectivity index (χ1n) is 5.91. The zero-order valence-corrected chi connectivity index (χ0v) is 14.8. The summed E-state index contributed by atoms with van der Waals surface area (Å²) in [6.45, 7) is 4.24. The summed E-state index contributed by atoms with van der Waals surface area (Å²) in [6.07, 6.45) is 1.04. The highest BCUT2D eigenvalue weighted by atomic mass is 127. The molecule has 0 aliphatic carbocycles. The summed E-state index contributed by atoms with van der Waals surface area (Å²) in [4.78, 5) is 0. The molecule has 1 aromatic rings. The fraction of sp³-hybridized carbons (Fsp3) is 0.538. The van der Waals surface area contributed by atoms with E-state index in [2.05, 4.69) is 60.7 Å². The standard InChI is InChI=1S/C13H21IO3Si/c1-6-11-7-9-12(10-8-11)13(2,14)18(15-3,16-4)17-5/h7-10H,6H2,1-5H3. The summed E-state index contributed by atoms with van der Waals surface area (Å²) in [5, 5.41) is 0. The highest BCUT2D eigenvalue weighted by molar-refractivity contribution is 14.1. The molecule has 1 unspecified atom stereocenters. The topological polar surface area (TPSA) is 27.7 Å². The lowest BCUT2D eigenvalue weighted by Gasteiger charge is -2.37. The molecule has 0 saturated heterocycles. The van der Waals surface area contributed by atoms with E-state index in [4.69, 9.17) is 13.3 Å². The molecule has 1 rings (SSSR count). The average molecular weight is 380 g/mol. The molecule has 3 nitrogen and oxygen atoms in total. The molecular weight excluding hydrogens is 359 g/mol. The zero-order valence-electron chi connectivity index (χ0n) is 11.6. The molecule has 0 radical (unpaired) electrons. The minimum absolute atomic E-state index is 0.310. The van der Waals surface area contributed by atoms with Crippen molar-refractivity contribution in [1.29, 1.82) is 0 Å². The summed E-state index contributed by atoms with van der Waals surface area (Å²) in [5.41, 5.74) is 2.49. The second kappa shape index (κ2) is 6.47. The van der Waals surface area contributed by atoms with Crippen molar-refractivity contribution >= 4 is 31.4 Å². The van der Waals surface area contributed by atoms with Crippen molar-refractivity contribution < 1.29 is 13.3 Å². The average Bonchev–Trinajstić information content (AvgIpc) is 2.41. The Balaban J connectivity index is 3.17. The molecule has 18 heavy (non-hydrogen) atoms. The first-order valence-corrected chi connectivity index (χ1v) is 8.71. The first kappa shape index (κ1) is 16.1. The quantitative estimate of drug-likeness (QED) is 0.431. The molecule has 0 aliphatic heterocycles. The molecule has 1 atom stereocenters. The maximum absolute atomic E-state index is 5.60. The van der Waals surface area contributed by atoms with Gasteiger partial charge in [0.25, 0.3) is 0 Å². The lowest BCUT2D eigenvalue weighted by molar-refractivity contribution is 0.112. The Morgan fingerprint density at radius 3 is 1.83 bits per heavy atom. The molecule has 1 aromatic carbocycles. The minimum atomic E-state index is -2.73. The third kappa shape index (κ3) is 2.80. The van der Waals surface area contributed by atoms with Crippen LogP contribution in [-0.2, 0) is 22.7 Å². The lowest BCUT2D eigenvalue weighted by Crippen LogP contribution is -2.57.